The summed E-state index contributed by atoms with van der Waals surface area (Å²) in [6, 6.07) is 4.14. The van der Waals surface area contributed by atoms with E-state index < -0.39 is 0 Å². The van der Waals surface area contributed by atoms with E-state index in [1.54, 1.807) is 0 Å². The number of anilines is 1. The highest BCUT2D eigenvalue weighted by atomic mass is 15.0. The van der Waals surface area contributed by atoms with Crippen molar-refractivity contribution in [2.45, 2.75) is 33.6 Å². The maximum Gasteiger partial charge on any atom is 0.129 e. The van der Waals surface area contributed by atoms with E-state index in [4.69, 9.17) is 0 Å². The third-order valence-corrected chi connectivity index (χ3v) is 2.14. The van der Waals surface area contributed by atoms with Crippen molar-refractivity contribution in [1.82, 2.24) is 4.98 Å². The van der Waals surface area contributed by atoms with Crippen LogP contribution >= 0.6 is 0 Å². The van der Waals surface area contributed by atoms with Crippen molar-refractivity contribution in [3.05, 3.63) is 23.9 Å². The van der Waals surface area contributed by atoms with E-state index in [1.807, 2.05) is 12.3 Å². The zero-order valence-electron chi connectivity index (χ0n) is 9.54. The first kappa shape index (κ1) is 11.0. The fraction of sp³-hybridized carbons (Fsp3) is 0.583. The maximum absolute atomic E-state index is 4.36. The van der Waals surface area contributed by atoms with Crippen molar-refractivity contribution in [2.75, 3.05) is 11.9 Å². The summed E-state index contributed by atoms with van der Waals surface area (Å²) in [5, 5.41) is 3.38. The fourth-order valence-corrected chi connectivity index (χ4v) is 1.33. The lowest BCUT2D eigenvalue weighted by Gasteiger charge is -2.14. The lowest BCUT2D eigenvalue weighted by atomic mass is 10.0. The Hall–Kier alpha value is -1.05. The van der Waals surface area contributed by atoms with Crippen LogP contribution in [0.25, 0.3) is 0 Å². The average molecular weight is 192 g/mol. The van der Waals surface area contributed by atoms with Gasteiger partial charge in [0, 0.05) is 12.7 Å². The molecule has 1 aromatic rings. The monoisotopic (exact) mass is 192 g/mol. The van der Waals surface area contributed by atoms with Crippen molar-refractivity contribution in [1.29, 1.82) is 0 Å². The van der Waals surface area contributed by atoms with Gasteiger partial charge in [-0.3, -0.25) is 0 Å². The van der Waals surface area contributed by atoms with Gasteiger partial charge in [-0.1, -0.05) is 33.8 Å². The van der Waals surface area contributed by atoms with Crippen molar-refractivity contribution in [2.24, 2.45) is 5.92 Å². The van der Waals surface area contributed by atoms with E-state index in [0.29, 0.717) is 11.8 Å². The largest absolute Gasteiger partial charge is 0.370 e. The van der Waals surface area contributed by atoms with E-state index in [2.05, 4.69) is 44.1 Å². The number of hydrogen-bond donors (Lipinski definition) is 1. The van der Waals surface area contributed by atoms with Crippen LogP contribution in [0.15, 0.2) is 18.3 Å². The predicted molar refractivity (Wildman–Crippen MR) is 61.7 cm³/mol. The van der Waals surface area contributed by atoms with E-state index >= 15 is 0 Å². The zero-order chi connectivity index (χ0) is 10.6. The number of hydrogen-bond acceptors (Lipinski definition) is 2. The predicted octanol–water partition coefficient (Wildman–Crippen LogP) is 3.27. The van der Waals surface area contributed by atoms with Gasteiger partial charge in [0.1, 0.15) is 5.82 Å². The molecule has 0 aliphatic carbocycles. The van der Waals surface area contributed by atoms with Gasteiger partial charge >= 0.3 is 0 Å². The van der Waals surface area contributed by atoms with Crippen LogP contribution in [-0.2, 0) is 0 Å². The third kappa shape index (κ3) is 3.02. The highest BCUT2D eigenvalue weighted by Crippen LogP contribution is 2.21. The molecule has 0 unspecified atom stereocenters. The molecule has 1 N–H and O–H groups in total. The molecule has 14 heavy (non-hydrogen) atoms. The molecule has 0 aliphatic heterocycles. The Kier molecular flexibility index (Phi) is 3.93. The second kappa shape index (κ2) is 4.99. The van der Waals surface area contributed by atoms with Gasteiger partial charge in [-0.2, -0.15) is 0 Å². The van der Waals surface area contributed by atoms with Crippen LogP contribution in [0.4, 0.5) is 5.82 Å². The molecular weight excluding hydrogens is 172 g/mol. The quantitative estimate of drug-likeness (QED) is 0.792. The molecule has 0 bridgehead atoms. The molecule has 0 radical (unpaired) electrons. The van der Waals surface area contributed by atoms with Gasteiger partial charge in [0.05, 0.1) is 0 Å². The third-order valence-electron chi connectivity index (χ3n) is 2.14. The second-order valence-electron chi connectivity index (χ2n) is 4.37. The Bertz CT molecular complexity index is 279. The molecule has 1 rings (SSSR count). The van der Waals surface area contributed by atoms with Gasteiger partial charge in [0.25, 0.3) is 0 Å². The van der Waals surface area contributed by atoms with Crippen LogP contribution in [0.5, 0.6) is 0 Å². The minimum atomic E-state index is 0.526. The summed E-state index contributed by atoms with van der Waals surface area (Å²) in [6.45, 7) is 9.77. The number of nitrogens with one attached hydrogen (secondary N) is 1. The van der Waals surface area contributed by atoms with Crippen LogP contribution < -0.4 is 5.32 Å². The molecule has 0 saturated carbocycles. The molecule has 78 valence electrons. The molecule has 1 aromatic heterocycles. The highest BCUT2D eigenvalue weighted by molar-refractivity contribution is 5.45. The first-order chi connectivity index (χ1) is 6.61. The molecule has 0 fully saturated rings. The molecule has 0 aromatic carbocycles. The summed E-state index contributed by atoms with van der Waals surface area (Å²) < 4.78 is 0. The van der Waals surface area contributed by atoms with Crippen LogP contribution in [0.2, 0.25) is 0 Å². The normalized spacial score (nSPS) is 11.0. The Morgan fingerprint density at radius 2 is 2.00 bits per heavy atom. The highest BCUT2D eigenvalue weighted by Gasteiger charge is 2.06. The van der Waals surface area contributed by atoms with E-state index in [9.17, 15) is 0 Å². The van der Waals surface area contributed by atoms with Crippen LogP contribution in [0, 0.1) is 5.92 Å². The summed E-state index contributed by atoms with van der Waals surface area (Å²) in [6.07, 6.45) is 1.84. The fourth-order valence-electron chi connectivity index (χ4n) is 1.33. The van der Waals surface area contributed by atoms with E-state index in [1.165, 1.54) is 5.56 Å². The number of aromatic nitrogens is 1. The Labute approximate surface area is 86.8 Å². The lowest BCUT2D eigenvalue weighted by Crippen LogP contribution is -2.11. The topological polar surface area (TPSA) is 24.9 Å². The SMILES string of the molecule is CC(C)CNc1ncccc1C(C)C. The second-order valence-corrected chi connectivity index (χ2v) is 4.37. The summed E-state index contributed by atoms with van der Waals surface area (Å²) in [5.74, 6) is 2.21. The van der Waals surface area contributed by atoms with Gasteiger partial charge in [0.15, 0.2) is 0 Å². The Morgan fingerprint density at radius 1 is 1.29 bits per heavy atom. The Balaban J connectivity index is 2.74. The average Bonchev–Trinajstić information content (AvgIpc) is 2.15. The van der Waals surface area contributed by atoms with Crippen LogP contribution in [-0.4, -0.2) is 11.5 Å². The van der Waals surface area contributed by atoms with Crippen molar-refractivity contribution >= 4 is 5.82 Å². The van der Waals surface area contributed by atoms with Crippen LogP contribution in [0.1, 0.15) is 39.2 Å². The zero-order valence-corrected chi connectivity index (χ0v) is 9.54. The van der Waals surface area contributed by atoms with Crippen LogP contribution in [0.3, 0.4) is 0 Å². The summed E-state index contributed by atoms with van der Waals surface area (Å²) >= 11 is 0. The number of pyridine rings is 1. The summed E-state index contributed by atoms with van der Waals surface area (Å²) in [4.78, 5) is 4.36. The molecule has 0 aliphatic rings. The molecule has 2 heteroatoms. The van der Waals surface area contributed by atoms with Gasteiger partial charge in [0.2, 0.25) is 0 Å². The van der Waals surface area contributed by atoms with Gasteiger partial charge in [-0.25, -0.2) is 4.98 Å². The smallest absolute Gasteiger partial charge is 0.129 e. The first-order valence-corrected chi connectivity index (χ1v) is 5.30. The molecular formula is C12H20N2. The molecule has 2 nitrogen and oxygen atoms in total. The summed E-state index contributed by atoms with van der Waals surface area (Å²) in [5.41, 5.74) is 1.30. The molecule has 0 atom stereocenters. The molecule has 0 saturated heterocycles. The minimum absolute atomic E-state index is 0.526. The standard InChI is InChI=1S/C12H20N2/c1-9(2)8-14-12-11(10(3)4)6-5-7-13-12/h5-7,9-10H,8H2,1-4H3,(H,13,14). The number of rotatable bonds is 4. The molecule has 1 heterocycles. The first-order valence-electron chi connectivity index (χ1n) is 5.30. The molecule has 0 amide bonds. The number of nitrogens with zero attached hydrogens (tertiary/aromatic N) is 1. The van der Waals surface area contributed by atoms with Crippen molar-refractivity contribution in [3.63, 3.8) is 0 Å². The van der Waals surface area contributed by atoms with Crippen molar-refractivity contribution < 1.29 is 0 Å². The van der Waals surface area contributed by atoms with E-state index in [-0.39, 0.29) is 0 Å². The Morgan fingerprint density at radius 3 is 2.57 bits per heavy atom. The molecule has 0 spiro atoms. The van der Waals surface area contributed by atoms with Crippen molar-refractivity contribution in [3.8, 4) is 0 Å². The lowest BCUT2D eigenvalue weighted by molar-refractivity contribution is 0.685. The maximum atomic E-state index is 4.36. The van der Waals surface area contributed by atoms with Gasteiger partial charge in [-0.05, 0) is 23.5 Å². The van der Waals surface area contributed by atoms with E-state index in [0.717, 1.165) is 12.4 Å². The minimum Gasteiger partial charge on any atom is -0.370 e. The van der Waals surface area contributed by atoms with Gasteiger partial charge < -0.3 is 5.32 Å². The van der Waals surface area contributed by atoms with Gasteiger partial charge in [-0.15, -0.1) is 0 Å². The summed E-state index contributed by atoms with van der Waals surface area (Å²) in [7, 11) is 0.